The summed E-state index contributed by atoms with van der Waals surface area (Å²) in [5, 5.41) is 12.9. The van der Waals surface area contributed by atoms with Crippen LogP contribution in [0, 0.1) is 33.7 Å². The molecule has 0 radical (unpaired) electrons. The van der Waals surface area contributed by atoms with Crippen molar-refractivity contribution in [2.75, 3.05) is 6.54 Å². The highest BCUT2D eigenvalue weighted by molar-refractivity contribution is 6.10. The summed E-state index contributed by atoms with van der Waals surface area (Å²) in [5.74, 6) is -4.43. The van der Waals surface area contributed by atoms with Crippen molar-refractivity contribution in [2.45, 2.75) is 26.2 Å². The number of rotatable bonds is 6. The third-order valence-corrected chi connectivity index (χ3v) is 6.43. The van der Waals surface area contributed by atoms with Crippen molar-refractivity contribution in [2.24, 2.45) is 17.8 Å². The molecule has 2 aliphatic rings. The van der Waals surface area contributed by atoms with Crippen molar-refractivity contribution in [3.05, 3.63) is 75.6 Å². The Morgan fingerprint density at radius 3 is 2.38 bits per heavy atom. The lowest BCUT2D eigenvalue weighted by atomic mass is 9.76. The molecule has 2 aromatic carbocycles. The average molecular weight is 467 g/mol. The smallest absolute Gasteiger partial charge is 0.282 e. The Labute approximate surface area is 194 Å². The second-order valence-corrected chi connectivity index (χ2v) is 8.69. The molecular formula is C24H22FN3O6. The summed E-state index contributed by atoms with van der Waals surface area (Å²) < 4.78 is 13.3. The Morgan fingerprint density at radius 1 is 1.06 bits per heavy atom. The molecule has 4 rings (SSSR count). The molecule has 3 atom stereocenters. The quantitative estimate of drug-likeness (QED) is 0.278. The highest BCUT2D eigenvalue weighted by Crippen LogP contribution is 2.41. The monoisotopic (exact) mass is 467 g/mol. The zero-order valence-electron chi connectivity index (χ0n) is 18.3. The third kappa shape index (κ3) is 4.18. The highest BCUT2D eigenvalue weighted by atomic mass is 19.1. The molecule has 1 aliphatic carbocycles. The largest absolute Gasteiger partial charge is 0.292 e. The number of para-hydroxylation sites is 1. The van der Waals surface area contributed by atoms with Gasteiger partial charge in [-0.15, -0.1) is 0 Å². The number of ketones is 1. The van der Waals surface area contributed by atoms with Crippen molar-refractivity contribution < 1.29 is 28.5 Å². The lowest BCUT2D eigenvalue weighted by molar-refractivity contribution is -0.385. The third-order valence-electron chi connectivity index (χ3n) is 6.43. The van der Waals surface area contributed by atoms with E-state index >= 15 is 0 Å². The maximum Gasteiger partial charge on any atom is 0.282 e. The van der Waals surface area contributed by atoms with Gasteiger partial charge in [-0.1, -0.05) is 19.1 Å². The van der Waals surface area contributed by atoms with E-state index in [4.69, 9.17) is 0 Å². The molecule has 10 heteroatoms. The minimum atomic E-state index is -1.02. The molecule has 0 N–H and O–H groups in total. The van der Waals surface area contributed by atoms with Gasteiger partial charge in [-0.25, -0.2) is 9.40 Å². The van der Waals surface area contributed by atoms with Gasteiger partial charge < -0.3 is 0 Å². The topological polar surface area (TPSA) is 118 Å². The molecule has 0 unspecified atom stereocenters. The van der Waals surface area contributed by atoms with Crippen LogP contribution < -0.4 is 0 Å². The zero-order valence-corrected chi connectivity index (χ0v) is 18.3. The Balaban J connectivity index is 1.74. The summed E-state index contributed by atoms with van der Waals surface area (Å²) in [5.41, 5.74) is -0.813. The van der Waals surface area contributed by atoms with Crippen LogP contribution in [0.1, 0.15) is 46.9 Å². The molecule has 1 saturated heterocycles. The molecule has 2 fully saturated rings. The van der Waals surface area contributed by atoms with Gasteiger partial charge in [0.1, 0.15) is 17.9 Å². The Kier molecular flexibility index (Phi) is 6.23. The van der Waals surface area contributed by atoms with Crippen LogP contribution in [-0.4, -0.2) is 45.0 Å². The molecule has 0 spiro atoms. The first kappa shape index (κ1) is 23.2. The zero-order chi connectivity index (χ0) is 24.6. The van der Waals surface area contributed by atoms with E-state index in [0.29, 0.717) is 22.9 Å². The molecule has 0 aromatic heterocycles. The molecular weight excluding hydrogens is 445 g/mol. The van der Waals surface area contributed by atoms with Gasteiger partial charge in [0.15, 0.2) is 5.78 Å². The second-order valence-electron chi connectivity index (χ2n) is 8.69. The summed E-state index contributed by atoms with van der Waals surface area (Å²) in [7, 11) is 0. The van der Waals surface area contributed by atoms with Crippen LogP contribution in [0.15, 0.2) is 48.5 Å². The predicted molar refractivity (Wildman–Crippen MR) is 117 cm³/mol. The van der Waals surface area contributed by atoms with Gasteiger partial charge in [-0.3, -0.25) is 29.3 Å². The summed E-state index contributed by atoms with van der Waals surface area (Å²) >= 11 is 0. The molecule has 1 aliphatic heterocycles. The van der Waals surface area contributed by atoms with Gasteiger partial charge in [0.25, 0.3) is 23.4 Å². The standard InChI is InChI=1S/C24H22FN3O6/c1-14-6-11-17-19(12-14)24(32)27(23(17)31)26(13-21(29)15-7-9-16(25)10-8-15)22(30)18-4-2-3-5-20(18)28(33)34/h2-5,7-10,14,17,19H,6,11-13H2,1H3/t14-,17+,19+/m1/s1. The van der Waals surface area contributed by atoms with E-state index in [9.17, 15) is 33.7 Å². The SMILES string of the molecule is C[C@@H]1CC[C@@H]2C(=O)N(N(CC(=O)c3ccc(F)cc3)C(=O)c3ccccc3[N+](=O)[O-])C(=O)[C@H]2C1. The summed E-state index contributed by atoms with van der Waals surface area (Å²) in [6.45, 7) is 1.26. The van der Waals surface area contributed by atoms with Gasteiger partial charge >= 0.3 is 0 Å². The number of amides is 3. The summed E-state index contributed by atoms with van der Waals surface area (Å²) in [6.07, 6.45) is 1.71. The molecule has 1 saturated carbocycles. The van der Waals surface area contributed by atoms with Crippen LogP contribution in [0.3, 0.4) is 0 Å². The number of carbonyl (C=O) groups is 4. The van der Waals surface area contributed by atoms with E-state index in [-0.39, 0.29) is 17.0 Å². The molecule has 9 nitrogen and oxygen atoms in total. The van der Waals surface area contributed by atoms with E-state index in [0.717, 1.165) is 24.6 Å². The number of fused-ring (bicyclic) bond motifs is 1. The Morgan fingerprint density at radius 2 is 1.71 bits per heavy atom. The maximum absolute atomic E-state index is 13.5. The van der Waals surface area contributed by atoms with Crippen molar-refractivity contribution >= 4 is 29.2 Å². The number of nitrogens with zero attached hydrogens (tertiary/aromatic N) is 3. The Bertz CT molecular complexity index is 1180. The lowest BCUT2D eigenvalue weighted by Crippen LogP contribution is -2.52. The van der Waals surface area contributed by atoms with Crippen LogP contribution in [-0.2, 0) is 9.59 Å². The summed E-state index contributed by atoms with van der Waals surface area (Å²) in [6, 6.07) is 9.71. The van der Waals surface area contributed by atoms with E-state index in [1.165, 1.54) is 30.3 Å². The van der Waals surface area contributed by atoms with Gasteiger partial charge in [0, 0.05) is 11.6 Å². The Hall–Kier alpha value is -3.95. The molecule has 3 amide bonds. The van der Waals surface area contributed by atoms with Gasteiger partial charge in [0.05, 0.1) is 16.8 Å². The number of hydrazine groups is 1. The maximum atomic E-state index is 13.5. The molecule has 34 heavy (non-hydrogen) atoms. The fourth-order valence-electron chi connectivity index (χ4n) is 4.66. The first-order valence-corrected chi connectivity index (χ1v) is 10.9. The number of hydrogen-bond acceptors (Lipinski definition) is 6. The average Bonchev–Trinajstić information content (AvgIpc) is 3.06. The molecule has 2 aromatic rings. The number of imide groups is 1. The van der Waals surface area contributed by atoms with Crippen LogP contribution in [0.25, 0.3) is 0 Å². The van der Waals surface area contributed by atoms with E-state index in [2.05, 4.69) is 0 Å². The minimum Gasteiger partial charge on any atom is -0.292 e. The number of halogens is 1. The van der Waals surface area contributed by atoms with E-state index < -0.39 is 58.3 Å². The van der Waals surface area contributed by atoms with Crippen molar-refractivity contribution in [1.29, 1.82) is 0 Å². The number of nitro benzene ring substituents is 1. The van der Waals surface area contributed by atoms with Crippen molar-refractivity contribution in [3.8, 4) is 0 Å². The van der Waals surface area contributed by atoms with Crippen molar-refractivity contribution in [1.82, 2.24) is 10.0 Å². The number of benzene rings is 2. The van der Waals surface area contributed by atoms with Crippen molar-refractivity contribution in [3.63, 3.8) is 0 Å². The summed E-state index contributed by atoms with van der Waals surface area (Å²) in [4.78, 5) is 63.7. The van der Waals surface area contributed by atoms with Crippen LogP contribution >= 0.6 is 0 Å². The van der Waals surface area contributed by atoms with Crippen LogP contribution in [0.5, 0.6) is 0 Å². The van der Waals surface area contributed by atoms with Gasteiger partial charge in [0.2, 0.25) is 0 Å². The minimum absolute atomic E-state index is 0.0619. The highest BCUT2D eigenvalue weighted by Gasteiger charge is 2.53. The lowest BCUT2D eigenvalue weighted by Gasteiger charge is -2.30. The second kappa shape index (κ2) is 9.12. The van der Waals surface area contributed by atoms with Crippen LogP contribution in [0.2, 0.25) is 0 Å². The first-order valence-electron chi connectivity index (χ1n) is 10.9. The van der Waals surface area contributed by atoms with E-state index in [1.807, 2.05) is 6.92 Å². The van der Waals surface area contributed by atoms with Gasteiger partial charge in [-0.2, -0.15) is 5.01 Å². The van der Waals surface area contributed by atoms with Gasteiger partial charge in [-0.05, 0) is 55.5 Å². The fourth-order valence-corrected chi connectivity index (χ4v) is 4.66. The number of carbonyl (C=O) groups excluding carboxylic acids is 4. The first-order chi connectivity index (χ1) is 16.2. The normalized spacial score (nSPS) is 21.8. The number of hydrogen-bond donors (Lipinski definition) is 0. The number of Topliss-reactive ketones (excluding diaryl/α,β-unsaturated/α-hetero) is 1. The van der Waals surface area contributed by atoms with E-state index in [1.54, 1.807) is 0 Å². The van der Waals surface area contributed by atoms with Crippen LogP contribution in [0.4, 0.5) is 10.1 Å². The fraction of sp³-hybridized carbons (Fsp3) is 0.333. The molecule has 0 bridgehead atoms. The predicted octanol–water partition coefficient (Wildman–Crippen LogP) is 3.40. The molecule has 1 heterocycles. The number of nitro groups is 1. The molecule has 176 valence electrons.